The van der Waals surface area contributed by atoms with Crippen LogP contribution in [0.15, 0.2) is 84.0 Å². The second-order valence-electron chi connectivity index (χ2n) is 7.86. The Morgan fingerprint density at radius 3 is 2.43 bits per heavy atom. The highest BCUT2D eigenvalue weighted by atomic mass is 35.5. The number of thioether (sulfide) groups is 1. The van der Waals surface area contributed by atoms with Crippen LogP contribution in [0, 0.1) is 0 Å². The summed E-state index contributed by atoms with van der Waals surface area (Å²) >= 11 is 7.38. The highest BCUT2D eigenvalue weighted by molar-refractivity contribution is 7.99. The van der Waals surface area contributed by atoms with Crippen molar-refractivity contribution in [2.45, 2.75) is 5.16 Å². The molecule has 0 aliphatic rings. The highest BCUT2D eigenvalue weighted by Crippen LogP contribution is 2.28. The number of amides is 2. The Bertz CT molecular complexity index is 1420. The zero-order chi connectivity index (χ0) is 26.2. The van der Waals surface area contributed by atoms with Crippen LogP contribution in [0.1, 0.15) is 5.56 Å². The van der Waals surface area contributed by atoms with E-state index in [0.29, 0.717) is 33.1 Å². The van der Waals surface area contributed by atoms with Gasteiger partial charge in [0.1, 0.15) is 5.75 Å². The molecule has 0 aliphatic carbocycles. The summed E-state index contributed by atoms with van der Waals surface area (Å²) in [6, 6.07) is 22.0. The van der Waals surface area contributed by atoms with Crippen LogP contribution in [0.3, 0.4) is 0 Å². The van der Waals surface area contributed by atoms with E-state index in [4.69, 9.17) is 16.3 Å². The molecule has 0 saturated carbocycles. The molecule has 0 fully saturated rings. The number of halogens is 1. The van der Waals surface area contributed by atoms with Gasteiger partial charge in [-0.05, 0) is 54.1 Å². The number of nitrogens with one attached hydrogen (secondary N) is 2. The molecule has 1 heterocycles. The zero-order valence-electron chi connectivity index (χ0n) is 20.1. The first-order chi connectivity index (χ1) is 17.9. The summed E-state index contributed by atoms with van der Waals surface area (Å²) in [5.74, 6) is 0.917. The number of methoxy groups -OCH3 is 1. The monoisotopic (exact) mass is 533 g/mol. The van der Waals surface area contributed by atoms with Gasteiger partial charge in [-0.1, -0.05) is 53.7 Å². The predicted octanol–water partition coefficient (Wildman–Crippen LogP) is 5.53. The number of hydrogen-bond donors (Lipinski definition) is 2. The molecular weight excluding hydrogens is 510 g/mol. The van der Waals surface area contributed by atoms with Crippen molar-refractivity contribution in [2.75, 3.05) is 23.5 Å². The van der Waals surface area contributed by atoms with Crippen molar-refractivity contribution in [1.82, 2.24) is 14.8 Å². The number of nitrogens with zero attached hydrogens (tertiary/aromatic N) is 3. The number of carbonyl (C=O) groups excluding carboxylic acids is 2. The van der Waals surface area contributed by atoms with Gasteiger partial charge in [-0.2, -0.15) is 0 Å². The second-order valence-corrected chi connectivity index (χ2v) is 9.21. The minimum atomic E-state index is -0.218. The van der Waals surface area contributed by atoms with Crippen LogP contribution in [0.5, 0.6) is 5.75 Å². The van der Waals surface area contributed by atoms with Crippen LogP contribution in [0.25, 0.3) is 17.5 Å². The van der Waals surface area contributed by atoms with E-state index in [9.17, 15) is 9.59 Å². The first-order valence-electron chi connectivity index (χ1n) is 11.2. The van der Waals surface area contributed by atoms with Crippen LogP contribution < -0.4 is 15.4 Å². The minimum absolute atomic E-state index is 0.150. The van der Waals surface area contributed by atoms with Crippen molar-refractivity contribution in [1.29, 1.82) is 0 Å². The molecule has 0 spiro atoms. The minimum Gasteiger partial charge on any atom is -0.495 e. The molecule has 0 unspecified atom stereocenters. The van der Waals surface area contributed by atoms with Crippen molar-refractivity contribution in [3.05, 3.63) is 89.5 Å². The molecule has 2 amide bonds. The van der Waals surface area contributed by atoms with Gasteiger partial charge in [0.15, 0.2) is 11.0 Å². The average molecular weight is 534 g/mol. The van der Waals surface area contributed by atoms with Gasteiger partial charge >= 0.3 is 0 Å². The van der Waals surface area contributed by atoms with E-state index in [0.717, 1.165) is 11.1 Å². The number of rotatable bonds is 9. The standard InChI is InChI=1S/C27H24ClN5O3S/c1-33-26(19-9-11-20(12-10-19)29-24(34)15-8-18-6-4-3-5-7-18)31-32-27(33)37-17-25(35)30-21-13-14-23(36-2)22(28)16-21/h3-16H,17H2,1-2H3,(H,29,34)(H,30,35)/b15-8+. The maximum absolute atomic E-state index is 12.4. The van der Waals surface area contributed by atoms with E-state index in [1.807, 2.05) is 54.1 Å². The smallest absolute Gasteiger partial charge is 0.248 e. The van der Waals surface area contributed by atoms with Crippen LogP contribution in [-0.2, 0) is 16.6 Å². The number of hydrogen-bond acceptors (Lipinski definition) is 6. The summed E-state index contributed by atoms with van der Waals surface area (Å²) in [6.07, 6.45) is 3.25. The van der Waals surface area contributed by atoms with E-state index in [2.05, 4.69) is 20.8 Å². The lowest BCUT2D eigenvalue weighted by Crippen LogP contribution is -2.14. The maximum atomic E-state index is 12.4. The second kappa shape index (κ2) is 12.2. The van der Waals surface area contributed by atoms with E-state index in [-0.39, 0.29) is 17.6 Å². The van der Waals surface area contributed by atoms with Crippen molar-refractivity contribution in [3.8, 4) is 17.1 Å². The fourth-order valence-corrected chi connectivity index (χ4v) is 4.35. The lowest BCUT2D eigenvalue weighted by Gasteiger charge is -2.08. The van der Waals surface area contributed by atoms with Crippen LogP contribution >= 0.6 is 23.4 Å². The molecule has 2 N–H and O–H groups in total. The van der Waals surface area contributed by atoms with Crippen molar-refractivity contribution in [2.24, 2.45) is 7.05 Å². The van der Waals surface area contributed by atoms with Crippen LogP contribution in [0.4, 0.5) is 11.4 Å². The molecule has 188 valence electrons. The van der Waals surface area contributed by atoms with Gasteiger partial charge in [-0.25, -0.2) is 0 Å². The lowest BCUT2D eigenvalue weighted by atomic mass is 10.2. The largest absolute Gasteiger partial charge is 0.495 e. The topological polar surface area (TPSA) is 98.1 Å². The molecule has 8 nitrogen and oxygen atoms in total. The van der Waals surface area contributed by atoms with Gasteiger partial charge in [0.05, 0.1) is 17.9 Å². The molecule has 10 heteroatoms. The Kier molecular flexibility index (Phi) is 8.60. The van der Waals surface area contributed by atoms with Crippen molar-refractivity contribution < 1.29 is 14.3 Å². The number of benzene rings is 3. The SMILES string of the molecule is COc1ccc(NC(=O)CSc2nnc(-c3ccc(NC(=O)/C=C/c4ccccc4)cc3)n2C)cc1Cl. The zero-order valence-corrected chi connectivity index (χ0v) is 21.7. The number of anilines is 2. The highest BCUT2D eigenvalue weighted by Gasteiger charge is 2.14. The van der Waals surface area contributed by atoms with Crippen molar-refractivity contribution >= 4 is 52.6 Å². The Morgan fingerprint density at radius 1 is 1.00 bits per heavy atom. The third-order valence-electron chi connectivity index (χ3n) is 5.24. The fraction of sp³-hybridized carbons (Fsp3) is 0.111. The van der Waals surface area contributed by atoms with Crippen LogP contribution in [0.2, 0.25) is 5.02 Å². The molecule has 4 rings (SSSR count). The molecule has 0 saturated heterocycles. The molecule has 1 aromatic heterocycles. The first-order valence-corrected chi connectivity index (χ1v) is 12.6. The molecule has 37 heavy (non-hydrogen) atoms. The predicted molar refractivity (Wildman–Crippen MR) is 148 cm³/mol. The number of carbonyl (C=O) groups is 2. The van der Waals surface area contributed by atoms with Crippen LogP contribution in [-0.4, -0.2) is 39.4 Å². The molecule has 0 bridgehead atoms. The normalized spacial score (nSPS) is 10.9. The third-order valence-corrected chi connectivity index (χ3v) is 6.56. The van der Waals surface area contributed by atoms with Gasteiger partial charge in [-0.3, -0.25) is 9.59 Å². The summed E-state index contributed by atoms with van der Waals surface area (Å²) in [5, 5.41) is 15.1. The van der Waals surface area contributed by atoms with E-state index >= 15 is 0 Å². The quantitative estimate of drug-likeness (QED) is 0.217. The van der Waals surface area contributed by atoms with Crippen molar-refractivity contribution in [3.63, 3.8) is 0 Å². The summed E-state index contributed by atoms with van der Waals surface area (Å²) in [5.41, 5.74) is 3.03. The Labute approximate surface area is 223 Å². The lowest BCUT2D eigenvalue weighted by molar-refractivity contribution is -0.114. The van der Waals surface area contributed by atoms with Gasteiger partial charge < -0.3 is 19.9 Å². The molecule has 4 aromatic rings. The fourth-order valence-electron chi connectivity index (χ4n) is 3.39. The van der Waals surface area contributed by atoms with E-state index in [1.165, 1.54) is 24.9 Å². The molecule has 0 aliphatic heterocycles. The number of ether oxygens (including phenoxy) is 1. The number of aromatic nitrogens is 3. The Morgan fingerprint density at radius 2 is 1.73 bits per heavy atom. The Hall–Kier alpha value is -4.08. The van der Waals surface area contributed by atoms with Gasteiger partial charge in [0.25, 0.3) is 0 Å². The first kappa shape index (κ1) is 26.0. The average Bonchev–Trinajstić information content (AvgIpc) is 3.27. The molecule has 3 aromatic carbocycles. The maximum Gasteiger partial charge on any atom is 0.248 e. The van der Waals surface area contributed by atoms with Gasteiger partial charge in [-0.15, -0.1) is 10.2 Å². The van der Waals surface area contributed by atoms with Gasteiger partial charge in [0.2, 0.25) is 11.8 Å². The molecular formula is C27H24ClN5O3S. The summed E-state index contributed by atoms with van der Waals surface area (Å²) in [6.45, 7) is 0. The summed E-state index contributed by atoms with van der Waals surface area (Å²) in [7, 11) is 3.37. The van der Waals surface area contributed by atoms with E-state index in [1.54, 1.807) is 36.4 Å². The molecule has 0 radical (unpaired) electrons. The third kappa shape index (κ3) is 6.99. The van der Waals surface area contributed by atoms with E-state index < -0.39 is 0 Å². The summed E-state index contributed by atoms with van der Waals surface area (Å²) in [4.78, 5) is 24.6. The Balaban J connectivity index is 1.32. The van der Waals surface area contributed by atoms with Gasteiger partial charge in [0, 0.05) is 30.1 Å². The summed E-state index contributed by atoms with van der Waals surface area (Å²) < 4.78 is 6.94. The molecule has 0 atom stereocenters.